The lowest BCUT2D eigenvalue weighted by Gasteiger charge is -2.30. The van der Waals surface area contributed by atoms with Crippen molar-refractivity contribution in [1.29, 1.82) is 0 Å². The molecule has 0 bridgehead atoms. The van der Waals surface area contributed by atoms with Crippen molar-refractivity contribution in [3.8, 4) is 0 Å². The van der Waals surface area contributed by atoms with Crippen LogP contribution in [0.4, 0.5) is 11.4 Å². The van der Waals surface area contributed by atoms with Gasteiger partial charge >= 0.3 is 0 Å². The minimum absolute atomic E-state index is 0.00949. The van der Waals surface area contributed by atoms with Gasteiger partial charge in [-0.15, -0.1) is 0 Å². The first-order valence-corrected chi connectivity index (χ1v) is 12.7. The average molecular weight is 495 g/mol. The molecule has 11 heteroatoms. The lowest BCUT2D eigenvalue weighted by Crippen LogP contribution is -2.41. The molecule has 0 N–H and O–H groups in total. The number of ether oxygens (including phenoxy) is 1. The van der Waals surface area contributed by atoms with Gasteiger partial charge in [0.1, 0.15) is 4.90 Å². The Kier molecular flexibility index (Phi) is 7.50. The third-order valence-corrected chi connectivity index (χ3v) is 8.17. The molecule has 4 rings (SSSR count). The van der Waals surface area contributed by atoms with Crippen LogP contribution in [0.3, 0.4) is 0 Å². The Morgan fingerprint density at radius 3 is 2.39 bits per heavy atom. The molecule has 2 aliphatic heterocycles. The number of nitro benzene ring substituents is 1. The highest BCUT2D eigenvalue weighted by Crippen LogP contribution is 2.32. The first-order chi connectivity index (χ1) is 15.8. The van der Waals surface area contributed by atoms with Gasteiger partial charge in [0.05, 0.1) is 23.8 Å². The zero-order valence-corrected chi connectivity index (χ0v) is 19.8. The van der Waals surface area contributed by atoms with E-state index in [1.54, 1.807) is 6.07 Å². The van der Waals surface area contributed by atoms with Gasteiger partial charge in [-0.2, -0.15) is 4.31 Å². The van der Waals surface area contributed by atoms with Crippen LogP contribution in [-0.2, 0) is 21.3 Å². The molecule has 9 nitrogen and oxygen atoms in total. The first kappa shape index (κ1) is 23.9. The normalized spacial score (nSPS) is 18.8. The highest BCUT2D eigenvalue weighted by Gasteiger charge is 2.32. The summed E-state index contributed by atoms with van der Waals surface area (Å²) in [6, 6.07) is 11.9. The molecule has 0 saturated carbocycles. The van der Waals surface area contributed by atoms with Crippen molar-refractivity contribution in [1.82, 2.24) is 9.21 Å². The summed E-state index contributed by atoms with van der Waals surface area (Å²) >= 11 is 5.98. The molecule has 0 spiro atoms. The topological polar surface area (TPSA) is 96.2 Å². The summed E-state index contributed by atoms with van der Waals surface area (Å²) in [5.74, 6) is 0. The van der Waals surface area contributed by atoms with Crippen LogP contribution in [0.5, 0.6) is 0 Å². The minimum Gasteiger partial charge on any atom is -0.379 e. The SMILES string of the molecule is O=[N+]([O-])c1ccc(N2CCCN(Cc3ccc(Cl)cc3)CC2)c(S(=O)(=O)N2CCOCC2)c1. The number of sulfonamides is 1. The molecule has 33 heavy (non-hydrogen) atoms. The highest BCUT2D eigenvalue weighted by atomic mass is 35.5. The van der Waals surface area contributed by atoms with Gasteiger partial charge in [0.25, 0.3) is 5.69 Å². The lowest BCUT2D eigenvalue weighted by molar-refractivity contribution is -0.385. The Balaban J connectivity index is 1.57. The Hall–Kier alpha value is -2.24. The maximum Gasteiger partial charge on any atom is 0.270 e. The van der Waals surface area contributed by atoms with Gasteiger partial charge in [-0.05, 0) is 30.2 Å². The second-order valence-electron chi connectivity index (χ2n) is 8.17. The van der Waals surface area contributed by atoms with Gasteiger partial charge in [-0.25, -0.2) is 8.42 Å². The Labute approximate surface area is 198 Å². The number of non-ortho nitro benzene ring substituents is 1. The van der Waals surface area contributed by atoms with Gasteiger partial charge in [0, 0.05) is 63.0 Å². The second kappa shape index (κ2) is 10.4. The number of nitro groups is 1. The van der Waals surface area contributed by atoms with Crippen LogP contribution in [0.25, 0.3) is 0 Å². The van der Waals surface area contributed by atoms with Crippen molar-refractivity contribution in [2.75, 3.05) is 57.4 Å². The van der Waals surface area contributed by atoms with Gasteiger partial charge < -0.3 is 9.64 Å². The van der Waals surface area contributed by atoms with Crippen LogP contribution in [0.15, 0.2) is 47.4 Å². The van der Waals surface area contributed by atoms with E-state index in [0.29, 0.717) is 37.0 Å². The molecule has 0 unspecified atom stereocenters. The van der Waals surface area contributed by atoms with Crippen LogP contribution in [0.2, 0.25) is 5.02 Å². The Morgan fingerprint density at radius 1 is 0.970 bits per heavy atom. The summed E-state index contributed by atoms with van der Waals surface area (Å²) in [5, 5.41) is 12.1. The van der Waals surface area contributed by atoms with Crippen LogP contribution < -0.4 is 4.90 Å². The summed E-state index contributed by atoms with van der Waals surface area (Å²) in [6.45, 7) is 4.79. The fourth-order valence-corrected chi connectivity index (χ4v) is 5.99. The summed E-state index contributed by atoms with van der Waals surface area (Å²) < 4.78 is 33.5. The summed E-state index contributed by atoms with van der Waals surface area (Å²) in [4.78, 5) is 15.2. The van der Waals surface area contributed by atoms with Crippen LogP contribution in [0, 0.1) is 10.1 Å². The first-order valence-electron chi connectivity index (χ1n) is 10.9. The summed E-state index contributed by atoms with van der Waals surface area (Å²) in [5.41, 5.74) is 1.45. The predicted octanol–water partition coefficient (Wildman–Crippen LogP) is 2.98. The number of benzene rings is 2. The molecule has 2 aromatic rings. The Morgan fingerprint density at radius 2 is 1.70 bits per heavy atom. The van der Waals surface area contributed by atoms with E-state index in [-0.39, 0.29) is 23.7 Å². The second-order valence-corrected chi connectivity index (χ2v) is 10.5. The third kappa shape index (κ3) is 5.64. The van der Waals surface area contributed by atoms with Crippen LogP contribution >= 0.6 is 11.6 Å². The van der Waals surface area contributed by atoms with Crippen molar-refractivity contribution in [3.63, 3.8) is 0 Å². The smallest absolute Gasteiger partial charge is 0.270 e. The van der Waals surface area contributed by atoms with E-state index in [1.165, 1.54) is 22.0 Å². The summed E-state index contributed by atoms with van der Waals surface area (Å²) in [7, 11) is -3.89. The predicted molar refractivity (Wildman–Crippen MR) is 126 cm³/mol. The molecule has 2 fully saturated rings. The average Bonchev–Trinajstić information content (AvgIpc) is 3.06. The third-order valence-electron chi connectivity index (χ3n) is 5.99. The number of morpholine rings is 1. The van der Waals surface area contributed by atoms with E-state index in [0.717, 1.165) is 26.1 Å². The maximum atomic E-state index is 13.4. The van der Waals surface area contributed by atoms with Gasteiger partial charge in [0.15, 0.2) is 0 Å². The van der Waals surface area contributed by atoms with E-state index in [2.05, 4.69) is 4.90 Å². The van der Waals surface area contributed by atoms with Crippen molar-refractivity contribution < 1.29 is 18.1 Å². The largest absolute Gasteiger partial charge is 0.379 e. The number of anilines is 1. The van der Waals surface area contributed by atoms with E-state index in [4.69, 9.17) is 16.3 Å². The molecule has 0 aliphatic carbocycles. The van der Waals surface area contributed by atoms with Crippen molar-refractivity contribution >= 4 is 33.0 Å². The molecule has 0 amide bonds. The number of hydrogen-bond donors (Lipinski definition) is 0. The van der Waals surface area contributed by atoms with Gasteiger partial charge in [0.2, 0.25) is 10.0 Å². The number of nitrogens with zero attached hydrogens (tertiary/aromatic N) is 4. The molecule has 2 saturated heterocycles. The van der Waals surface area contributed by atoms with E-state index < -0.39 is 14.9 Å². The van der Waals surface area contributed by atoms with E-state index in [1.807, 2.05) is 29.2 Å². The number of halogens is 1. The number of rotatable bonds is 6. The number of hydrogen-bond acceptors (Lipinski definition) is 7. The van der Waals surface area contributed by atoms with Crippen LogP contribution in [0.1, 0.15) is 12.0 Å². The molecule has 2 aromatic carbocycles. The monoisotopic (exact) mass is 494 g/mol. The van der Waals surface area contributed by atoms with E-state index >= 15 is 0 Å². The molecule has 0 aromatic heterocycles. The molecule has 2 aliphatic rings. The standard InChI is InChI=1S/C22H27ClN4O5S/c23-19-4-2-18(3-5-19)17-24-8-1-9-25(11-10-24)21-7-6-20(27(28)29)16-22(21)33(30,31)26-12-14-32-15-13-26/h2-7,16H,1,8-15,17H2. The minimum atomic E-state index is -3.89. The quantitative estimate of drug-likeness (QED) is 0.450. The molecular formula is C22H27ClN4O5S. The summed E-state index contributed by atoms with van der Waals surface area (Å²) in [6.07, 6.45) is 0.849. The fourth-order valence-electron chi connectivity index (χ4n) is 4.23. The molecule has 0 atom stereocenters. The lowest BCUT2D eigenvalue weighted by atomic mass is 10.2. The fraction of sp³-hybridized carbons (Fsp3) is 0.455. The van der Waals surface area contributed by atoms with E-state index in [9.17, 15) is 18.5 Å². The maximum absolute atomic E-state index is 13.4. The van der Waals surface area contributed by atoms with Crippen LogP contribution in [-0.4, -0.2) is 75.0 Å². The van der Waals surface area contributed by atoms with Gasteiger partial charge in [-0.1, -0.05) is 23.7 Å². The molecule has 0 radical (unpaired) electrons. The molecule has 178 valence electrons. The Bertz CT molecular complexity index is 1090. The highest BCUT2D eigenvalue weighted by molar-refractivity contribution is 7.89. The van der Waals surface area contributed by atoms with Crippen molar-refractivity contribution in [3.05, 3.63) is 63.2 Å². The zero-order valence-electron chi connectivity index (χ0n) is 18.2. The van der Waals surface area contributed by atoms with Gasteiger partial charge in [-0.3, -0.25) is 15.0 Å². The molecular weight excluding hydrogens is 468 g/mol. The van der Waals surface area contributed by atoms with Crippen molar-refractivity contribution in [2.45, 2.75) is 17.9 Å². The zero-order chi connectivity index (χ0) is 23.4. The van der Waals surface area contributed by atoms with Crippen molar-refractivity contribution in [2.24, 2.45) is 0 Å². The molecule has 2 heterocycles.